The van der Waals surface area contributed by atoms with Crippen molar-refractivity contribution in [3.8, 4) is 0 Å². The minimum absolute atomic E-state index is 0.116. The van der Waals surface area contributed by atoms with E-state index in [9.17, 15) is 23.1 Å². The van der Waals surface area contributed by atoms with E-state index in [4.69, 9.17) is 11.6 Å². The van der Waals surface area contributed by atoms with Crippen molar-refractivity contribution in [2.24, 2.45) is 0 Å². The minimum atomic E-state index is -4.52. The number of hydrogen-bond donors (Lipinski definition) is 2. The number of alkyl halides is 3. The van der Waals surface area contributed by atoms with Crippen molar-refractivity contribution in [1.82, 2.24) is 25.1 Å². The molecule has 2 aliphatic heterocycles. The van der Waals surface area contributed by atoms with E-state index in [0.29, 0.717) is 56.4 Å². The van der Waals surface area contributed by atoms with E-state index in [1.54, 1.807) is 17.0 Å². The third kappa shape index (κ3) is 8.23. The molecule has 8 nitrogen and oxygen atoms in total. The number of piperidine rings is 1. The standard InChI is InChI=1S/C29H40ClF3N6O2/c1-27(2,3)25-35-23(29(31,32)33)20-24(36-25)38-18-16-37(17-19-38)13-5-4-12-34-26(40)39-14-10-28(41,11-15-39)21-6-8-22(30)9-7-21/h6-9,20,41H,4-5,10-19H2,1-3H3,(H,34,40). The Hall–Kier alpha value is -2.63. The fourth-order valence-electron chi connectivity index (χ4n) is 5.17. The van der Waals surface area contributed by atoms with Crippen LogP contribution in [-0.2, 0) is 17.2 Å². The first-order valence-electron chi connectivity index (χ1n) is 14.2. The van der Waals surface area contributed by atoms with Crippen LogP contribution in [0.5, 0.6) is 0 Å². The van der Waals surface area contributed by atoms with Gasteiger partial charge >= 0.3 is 12.2 Å². The SMILES string of the molecule is CC(C)(C)c1nc(N2CCN(CCCCNC(=O)N3CCC(O)(c4ccc(Cl)cc4)CC3)CC2)cc(C(F)(F)F)n1. The summed E-state index contributed by atoms with van der Waals surface area (Å²) in [6.07, 6.45) is -1.86. The first-order valence-corrected chi connectivity index (χ1v) is 14.6. The van der Waals surface area contributed by atoms with E-state index in [0.717, 1.165) is 44.1 Å². The second kappa shape index (κ2) is 12.7. The van der Waals surface area contributed by atoms with Crippen molar-refractivity contribution in [3.63, 3.8) is 0 Å². The summed E-state index contributed by atoms with van der Waals surface area (Å²) in [7, 11) is 0. The lowest BCUT2D eigenvalue weighted by Crippen LogP contribution is -2.49. The molecule has 2 amide bonds. The maximum Gasteiger partial charge on any atom is 0.433 e. The zero-order chi connectivity index (χ0) is 29.8. The van der Waals surface area contributed by atoms with E-state index < -0.39 is 22.9 Å². The number of rotatable bonds is 7. The maximum atomic E-state index is 13.5. The third-order valence-corrected chi connectivity index (χ3v) is 8.06. The Morgan fingerprint density at radius 2 is 1.63 bits per heavy atom. The van der Waals surface area contributed by atoms with Gasteiger partial charge in [-0.1, -0.05) is 44.5 Å². The van der Waals surface area contributed by atoms with Gasteiger partial charge in [-0.2, -0.15) is 13.2 Å². The number of likely N-dealkylation sites (tertiary alicyclic amines) is 1. The fourth-order valence-corrected chi connectivity index (χ4v) is 5.30. The first-order chi connectivity index (χ1) is 19.2. The van der Waals surface area contributed by atoms with Crippen LogP contribution in [-0.4, -0.2) is 83.3 Å². The van der Waals surface area contributed by atoms with E-state index in [1.165, 1.54) is 0 Å². The molecule has 2 fully saturated rings. The molecule has 0 saturated carbocycles. The number of nitrogens with zero attached hydrogens (tertiary/aromatic N) is 5. The molecule has 0 aliphatic carbocycles. The Balaban J connectivity index is 1.16. The number of aromatic nitrogens is 2. The van der Waals surface area contributed by atoms with Crippen molar-refractivity contribution >= 4 is 23.4 Å². The molecule has 1 aromatic heterocycles. The molecule has 2 aliphatic rings. The molecule has 4 rings (SSSR count). The fraction of sp³-hybridized carbons (Fsp3) is 0.621. The van der Waals surface area contributed by atoms with Gasteiger partial charge in [-0.05, 0) is 49.9 Å². The number of aliphatic hydroxyl groups is 1. The number of anilines is 1. The number of carbonyl (C=O) groups is 1. The topological polar surface area (TPSA) is 84.8 Å². The van der Waals surface area contributed by atoms with Crippen LogP contribution in [0.4, 0.5) is 23.8 Å². The molecule has 3 heterocycles. The second-order valence-corrected chi connectivity index (χ2v) is 12.4. The predicted molar refractivity (Wildman–Crippen MR) is 153 cm³/mol. The summed E-state index contributed by atoms with van der Waals surface area (Å²) < 4.78 is 40.4. The van der Waals surface area contributed by atoms with Crippen molar-refractivity contribution < 1.29 is 23.1 Å². The summed E-state index contributed by atoms with van der Waals surface area (Å²) in [6.45, 7) is 10.4. The average molecular weight is 597 g/mol. The Kier molecular flexibility index (Phi) is 9.70. The lowest BCUT2D eigenvalue weighted by molar-refractivity contribution is -0.141. The molecule has 1 aromatic carbocycles. The number of nitrogens with one attached hydrogen (secondary N) is 1. The highest BCUT2D eigenvalue weighted by Gasteiger charge is 2.37. The molecule has 41 heavy (non-hydrogen) atoms. The zero-order valence-corrected chi connectivity index (χ0v) is 24.7. The van der Waals surface area contributed by atoms with E-state index >= 15 is 0 Å². The highest BCUT2D eigenvalue weighted by molar-refractivity contribution is 6.30. The summed E-state index contributed by atoms with van der Waals surface area (Å²) in [5, 5.41) is 14.6. The van der Waals surface area contributed by atoms with Gasteiger partial charge in [0.2, 0.25) is 0 Å². The monoisotopic (exact) mass is 596 g/mol. The van der Waals surface area contributed by atoms with Crippen LogP contribution >= 0.6 is 11.6 Å². The van der Waals surface area contributed by atoms with Gasteiger partial charge in [-0.25, -0.2) is 14.8 Å². The second-order valence-electron chi connectivity index (χ2n) is 12.0. The van der Waals surface area contributed by atoms with Crippen LogP contribution < -0.4 is 10.2 Å². The predicted octanol–water partition coefficient (Wildman–Crippen LogP) is 5.04. The molecule has 0 spiro atoms. The van der Waals surface area contributed by atoms with Crippen molar-refractivity contribution in [1.29, 1.82) is 0 Å². The van der Waals surface area contributed by atoms with Gasteiger partial charge in [-0.15, -0.1) is 0 Å². The van der Waals surface area contributed by atoms with E-state index in [-0.39, 0.29) is 11.9 Å². The number of hydrogen-bond acceptors (Lipinski definition) is 6. The lowest BCUT2D eigenvalue weighted by atomic mass is 9.84. The zero-order valence-electron chi connectivity index (χ0n) is 24.0. The molecule has 0 unspecified atom stereocenters. The van der Waals surface area contributed by atoms with Crippen LogP contribution in [0, 0.1) is 0 Å². The molecule has 0 bridgehead atoms. The maximum absolute atomic E-state index is 13.5. The molecular weight excluding hydrogens is 557 g/mol. The van der Waals surface area contributed by atoms with Crippen molar-refractivity contribution in [3.05, 3.63) is 52.4 Å². The average Bonchev–Trinajstić information content (AvgIpc) is 2.92. The summed E-state index contributed by atoms with van der Waals surface area (Å²) in [4.78, 5) is 26.8. The molecule has 12 heteroatoms. The molecule has 2 N–H and O–H groups in total. The van der Waals surface area contributed by atoms with E-state index in [1.807, 2.05) is 37.8 Å². The Morgan fingerprint density at radius 1 is 1.00 bits per heavy atom. The largest absolute Gasteiger partial charge is 0.433 e. The first kappa shape index (κ1) is 31.3. The number of benzene rings is 1. The lowest BCUT2D eigenvalue weighted by Gasteiger charge is -2.38. The smallest absolute Gasteiger partial charge is 0.385 e. The quantitative estimate of drug-likeness (QED) is 0.436. The Bertz CT molecular complexity index is 1140. The van der Waals surface area contributed by atoms with E-state index in [2.05, 4.69) is 20.2 Å². The number of piperazine rings is 1. The number of unbranched alkanes of at least 4 members (excludes halogenated alkanes) is 1. The molecule has 2 saturated heterocycles. The Labute approximate surface area is 244 Å². The normalized spacial score (nSPS) is 18.4. The van der Waals surface area contributed by atoms with Crippen molar-refractivity contribution in [2.75, 3.05) is 57.3 Å². The Morgan fingerprint density at radius 3 is 2.22 bits per heavy atom. The van der Waals surface area contributed by atoms with Gasteiger partial charge in [0.15, 0.2) is 0 Å². The van der Waals surface area contributed by atoms with Gasteiger partial charge in [0.25, 0.3) is 0 Å². The van der Waals surface area contributed by atoms with Crippen molar-refractivity contribution in [2.45, 2.75) is 63.6 Å². The van der Waals surface area contributed by atoms with Crippen LogP contribution in [0.3, 0.4) is 0 Å². The molecular formula is C29H40ClF3N6O2. The summed E-state index contributed by atoms with van der Waals surface area (Å²) in [5.41, 5.74) is -1.63. The summed E-state index contributed by atoms with van der Waals surface area (Å²) in [5.74, 6) is 0.512. The highest BCUT2D eigenvalue weighted by atomic mass is 35.5. The van der Waals surface area contributed by atoms with Crippen LogP contribution in [0.2, 0.25) is 5.02 Å². The van der Waals surface area contributed by atoms with Crippen LogP contribution in [0.15, 0.2) is 30.3 Å². The summed E-state index contributed by atoms with van der Waals surface area (Å²) in [6, 6.07) is 8.13. The molecule has 2 aromatic rings. The number of halogens is 4. The highest BCUT2D eigenvalue weighted by Crippen LogP contribution is 2.34. The van der Waals surface area contributed by atoms with Gasteiger partial charge < -0.3 is 20.2 Å². The van der Waals surface area contributed by atoms with Gasteiger partial charge in [0.05, 0.1) is 5.60 Å². The van der Waals surface area contributed by atoms with Crippen LogP contribution in [0.1, 0.15) is 63.5 Å². The summed E-state index contributed by atoms with van der Waals surface area (Å²) >= 11 is 5.96. The number of urea groups is 1. The third-order valence-electron chi connectivity index (χ3n) is 7.81. The van der Waals surface area contributed by atoms with Gasteiger partial charge in [0.1, 0.15) is 17.3 Å². The van der Waals surface area contributed by atoms with Gasteiger partial charge in [0, 0.05) is 62.3 Å². The van der Waals surface area contributed by atoms with Crippen LogP contribution in [0.25, 0.3) is 0 Å². The molecule has 226 valence electrons. The molecule has 0 atom stereocenters. The number of amides is 2. The molecule has 0 radical (unpaired) electrons. The van der Waals surface area contributed by atoms with Gasteiger partial charge in [-0.3, -0.25) is 4.90 Å². The minimum Gasteiger partial charge on any atom is -0.385 e. The number of carbonyl (C=O) groups excluding carboxylic acids is 1.